The second-order valence-electron chi connectivity index (χ2n) is 4.02. The van der Waals surface area contributed by atoms with Crippen LogP contribution in [0.3, 0.4) is 0 Å². The summed E-state index contributed by atoms with van der Waals surface area (Å²) in [5.41, 5.74) is 2.27. The molecule has 1 aliphatic heterocycles. The molecule has 0 amide bonds. The Kier molecular flexibility index (Phi) is 3.31. The molecule has 1 aromatic rings. The number of hydrogen-bond donors (Lipinski definition) is 0. The lowest BCUT2D eigenvalue weighted by Gasteiger charge is -2.21. The SMILES string of the molecule is COc1ccc(N2CCCC2)c(CC#N)c1. The summed E-state index contributed by atoms with van der Waals surface area (Å²) in [4.78, 5) is 2.35. The predicted molar refractivity (Wildman–Crippen MR) is 63.8 cm³/mol. The lowest BCUT2D eigenvalue weighted by atomic mass is 10.1. The highest BCUT2D eigenvalue weighted by molar-refractivity contribution is 5.57. The molecule has 0 unspecified atom stereocenters. The van der Waals surface area contributed by atoms with Crippen LogP contribution in [0.4, 0.5) is 5.69 Å². The normalized spacial score (nSPS) is 14.9. The van der Waals surface area contributed by atoms with Crippen LogP contribution in [0.25, 0.3) is 0 Å². The minimum absolute atomic E-state index is 0.447. The van der Waals surface area contributed by atoms with E-state index in [1.807, 2.05) is 12.1 Å². The number of benzene rings is 1. The van der Waals surface area contributed by atoms with Gasteiger partial charge in [-0.3, -0.25) is 0 Å². The van der Waals surface area contributed by atoms with Crippen molar-refractivity contribution >= 4 is 5.69 Å². The zero-order valence-corrected chi connectivity index (χ0v) is 9.57. The number of nitrogens with zero attached hydrogens (tertiary/aromatic N) is 2. The molecule has 1 heterocycles. The van der Waals surface area contributed by atoms with Gasteiger partial charge < -0.3 is 9.64 Å². The van der Waals surface area contributed by atoms with Gasteiger partial charge >= 0.3 is 0 Å². The molecule has 0 aliphatic carbocycles. The Morgan fingerprint density at radius 2 is 2.12 bits per heavy atom. The molecule has 1 aliphatic rings. The van der Waals surface area contributed by atoms with E-state index in [0.29, 0.717) is 6.42 Å². The van der Waals surface area contributed by atoms with Crippen LogP contribution >= 0.6 is 0 Å². The van der Waals surface area contributed by atoms with Gasteiger partial charge in [0.05, 0.1) is 19.6 Å². The quantitative estimate of drug-likeness (QED) is 0.778. The molecule has 1 fully saturated rings. The third kappa shape index (κ3) is 2.11. The highest BCUT2D eigenvalue weighted by Crippen LogP contribution is 2.28. The van der Waals surface area contributed by atoms with Crippen molar-refractivity contribution in [1.29, 1.82) is 5.26 Å². The number of methoxy groups -OCH3 is 1. The summed E-state index contributed by atoms with van der Waals surface area (Å²) in [5.74, 6) is 0.827. The molecule has 0 saturated carbocycles. The summed E-state index contributed by atoms with van der Waals surface area (Å²) in [7, 11) is 1.65. The average molecular weight is 216 g/mol. The smallest absolute Gasteiger partial charge is 0.119 e. The second kappa shape index (κ2) is 4.89. The first-order chi connectivity index (χ1) is 7.85. The van der Waals surface area contributed by atoms with E-state index in [1.54, 1.807) is 7.11 Å². The van der Waals surface area contributed by atoms with Crippen molar-refractivity contribution in [2.24, 2.45) is 0 Å². The largest absolute Gasteiger partial charge is 0.497 e. The Hall–Kier alpha value is -1.69. The third-order valence-corrected chi connectivity index (χ3v) is 3.00. The Morgan fingerprint density at radius 3 is 2.75 bits per heavy atom. The minimum atomic E-state index is 0.447. The average Bonchev–Trinajstić information content (AvgIpc) is 2.83. The standard InChI is InChI=1S/C13H16N2O/c1-16-12-4-5-13(11(10-12)6-7-14)15-8-2-3-9-15/h4-5,10H,2-3,6,8-9H2,1H3. The van der Waals surface area contributed by atoms with Gasteiger partial charge in [0.2, 0.25) is 0 Å². The molecule has 1 saturated heterocycles. The summed E-state index contributed by atoms with van der Waals surface area (Å²) in [6.45, 7) is 2.20. The van der Waals surface area contributed by atoms with Crippen molar-refractivity contribution in [1.82, 2.24) is 0 Å². The summed E-state index contributed by atoms with van der Waals surface area (Å²) < 4.78 is 5.19. The highest BCUT2D eigenvalue weighted by atomic mass is 16.5. The van der Waals surface area contributed by atoms with Gasteiger partial charge in [0.15, 0.2) is 0 Å². The fraction of sp³-hybridized carbons (Fsp3) is 0.462. The number of rotatable bonds is 3. The summed E-state index contributed by atoms with van der Waals surface area (Å²) >= 11 is 0. The van der Waals surface area contributed by atoms with Crippen LogP contribution in [0.2, 0.25) is 0 Å². The maximum atomic E-state index is 8.84. The molecule has 0 aromatic heterocycles. The van der Waals surface area contributed by atoms with Crippen LogP contribution in [0.15, 0.2) is 18.2 Å². The Balaban J connectivity index is 2.31. The zero-order chi connectivity index (χ0) is 11.4. The Bertz CT molecular complexity index is 403. The molecule has 0 radical (unpaired) electrons. The molecular formula is C13H16N2O. The molecule has 0 spiro atoms. The number of hydrogen-bond acceptors (Lipinski definition) is 3. The van der Waals surface area contributed by atoms with Crippen molar-refractivity contribution in [3.05, 3.63) is 23.8 Å². The summed E-state index contributed by atoms with van der Waals surface area (Å²) in [6, 6.07) is 8.22. The van der Waals surface area contributed by atoms with Gasteiger partial charge in [-0.15, -0.1) is 0 Å². The van der Waals surface area contributed by atoms with Crippen molar-refractivity contribution in [2.75, 3.05) is 25.1 Å². The van der Waals surface area contributed by atoms with Crippen molar-refractivity contribution < 1.29 is 4.74 Å². The Morgan fingerprint density at radius 1 is 1.38 bits per heavy atom. The van der Waals surface area contributed by atoms with Crippen LogP contribution in [-0.4, -0.2) is 20.2 Å². The highest BCUT2D eigenvalue weighted by Gasteiger charge is 2.15. The van der Waals surface area contributed by atoms with Crippen LogP contribution in [0.1, 0.15) is 18.4 Å². The van der Waals surface area contributed by atoms with Crippen LogP contribution in [0.5, 0.6) is 5.75 Å². The van der Waals surface area contributed by atoms with Crippen LogP contribution < -0.4 is 9.64 Å². The van der Waals surface area contributed by atoms with Gasteiger partial charge in [-0.25, -0.2) is 0 Å². The number of anilines is 1. The van der Waals surface area contributed by atoms with E-state index < -0.39 is 0 Å². The summed E-state index contributed by atoms with van der Waals surface area (Å²) in [6.07, 6.45) is 2.94. The van der Waals surface area contributed by atoms with E-state index in [0.717, 1.165) is 24.4 Å². The lowest BCUT2D eigenvalue weighted by molar-refractivity contribution is 0.414. The number of ether oxygens (including phenoxy) is 1. The molecule has 84 valence electrons. The molecular weight excluding hydrogens is 200 g/mol. The molecule has 0 atom stereocenters. The third-order valence-electron chi connectivity index (χ3n) is 3.00. The number of nitriles is 1. The monoisotopic (exact) mass is 216 g/mol. The fourth-order valence-corrected chi connectivity index (χ4v) is 2.18. The van der Waals surface area contributed by atoms with Crippen molar-refractivity contribution in [3.63, 3.8) is 0 Å². The lowest BCUT2D eigenvalue weighted by Crippen LogP contribution is -2.19. The topological polar surface area (TPSA) is 36.3 Å². The fourth-order valence-electron chi connectivity index (χ4n) is 2.18. The first-order valence-electron chi connectivity index (χ1n) is 5.64. The van der Waals surface area contributed by atoms with E-state index in [2.05, 4.69) is 17.0 Å². The molecule has 16 heavy (non-hydrogen) atoms. The molecule has 0 bridgehead atoms. The Labute approximate surface area is 96.2 Å². The first kappa shape index (κ1) is 10.8. The molecule has 2 rings (SSSR count). The zero-order valence-electron chi connectivity index (χ0n) is 9.57. The van der Waals surface area contributed by atoms with Gasteiger partial charge in [0.1, 0.15) is 5.75 Å². The van der Waals surface area contributed by atoms with E-state index in [9.17, 15) is 0 Å². The van der Waals surface area contributed by atoms with E-state index in [4.69, 9.17) is 10.00 Å². The molecule has 3 nitrogen and oxygen atoms in total. The molecule has 0 N–H and O–H groups in total. The minimum Gasteiger partial charge on any atom is -0.497 e. The second-order valence-corrected chi connectivity index (χ2v) is 4.02. The van der Waals surface area contributed by atoms with E-state index >= 15 is 0 Å². The maximum absolute atomic E-state index is 8.84. The maximum Gasteiger partial charge on any atom is 0.119 e. The molecule has 1 aromatic carbocycles. The predicted octanol–water partition coefficient (Wildman–Crippen LogP) is 2.36. The first-order valence-corrected chi connectivity index (χ1v) is 5.64. The van der Waals surface area contributed by atoms with Gasteiger partial charge in [-0.1, -0.05) is 0 Å². The van der Waals surface area contributed by atoms with Crippen LogP contribution in [-0.2, 0) is 6.42 Å². The van der Waals surface area contributed by atoms with Gasteiger partial charge in [0.25, 0.3) is 0 Å². The van der Waals surface area contributed by atoms with E-state index in [1.165, 1.54) is 18.5 Å². The van der Waals surface area contributed by atoms with Gasteiger partial charge in [0, 0.05) is 18.8 Å². The van der Waals surface area contributed by atoms with Crippen LogP contribution in [0, 0.1) is 11.3 Å². The van der Waals surface area contributed by atoms with Crippen molar-refractivity contribution in [2.45, 2.75) is 19.3 Å². The summed E-state index contributed by atoms with van der Waals surface area (Å²) in [5, 5.41) is 8.84. The molecule has 3 heteroatoms. The van der Waals surface area contributed by atoms with E-state index in [-0.39, 0.29) is 0 Å². The van der Waals surface area contributed by atoms with Gasteiger partial charge in [-0.05, 0) is 36.6 Å². The van der Waals surface area contributed by atoms with Crippen molar-refractivity contribution in [3.8, 4) is 11.8 Å². The van der Waals surface area contributed by atoms with Gasteiger partial charge in [-0.2, -0.15) is 5.26 Å².